The lowest BCUT2D eigenvalue weighted by molar-refractivity contribution is -0.143. The summed E-state index contributed by atoms with van der Waals surface area (Å²) in [7, 11) is 0. The van der Waals surface area contributed by atoms with E-state index in [0.29, 0.717) is 19.7 Å². The van der Waals surface area contributed by atoms with Crippen molar-refractivity contribution in [3.63, 3.8) is 0 Å². The number of rotatable bonds is 10. The Kier molecular flexibility index (Phi) is 8.55. The summed E-state index contributed by atoms with van der Waals surface area (Å²) in [5.41, 5.74) is 6.28. The number of likely N-dealkylation sites (tertiary alicyclic amines) is 1. The van der Waals surface area contributed by atoms with Gasteiger partial charge >= 0.3 is 5.97 Å². The first-order valence-corrected chi connectivity index (χ1v) is 14.6. The molecule has 1 fully saturated rings. The standard InChI is InChI=1S/C34H40N2O4/c1-4-6-17-36(28-9-7-8-23(3)19-28)31(37)22-35-21-29(26-14-15-30-27(20-26)16-18-40-30)32(34(38)39)33(35)25-12-10-24(5-2)11-13-25/h7-15,19-20,29,32-33H,4-6,16-18,21-22H2,1-3H3,(H,38,39). The van der Waals surface area contributed by atoms with Crippen LogP contribution in [0.5, 0.6) is 5.75 Å². The second-order valence-electron chi connectivity index (χ2n) is 11.1. The number of anilines is 1. The number of nitrogens with zero attached hydrogens (tertiary/aromatic N) is 2. The molecule has 40 heavy (non-hydrogen) atoms. The number of carboxylic acid groups (broad SMARTS) is 1. The molecule has 1 saturated heterocycles. The first-order valence-electron chi connectivity index (χ1n) is 14.6. The Hall–Kier alpha value is -3.64. The molecule has 0 spiro atoms. The van der Waals surface area contributed by atoms with Crippen LogP contribution in [0.3, 0.4) is 0 Å². The monoisotopic (exact) mass is 540 g/mol. The zero-order valence-electron chi connectivity index (χ0n) is 23.8. The molecule has 3 unspecified atom stereocenters. The Bertz CT molecular complexity index is 1350. The Morgan fingerprint density at radius 2 is 1.80 bits per heavy atom. The third kappa shape index (κ3) is 5.78. The quantitative estimate of drug-likeness (QED) is 0.333. The zero-order valence-corrected chi connectivity index (χ0v) is 23.8. The molecule has 6 heteroatoms. The van der Waals surface area contributed by atoms with Crippen molar-refractivity contribution in [3.05, 3.63) is 94.5 Å². The molecule has 0 aromatic heterocycles. The highest BCUT2D eigenvalue weighted by molar-refractivity contribution is 5.95. The first kappa shape index (κ1) is 27.9. The maximum absolute atomic E-state index is 14.0. The van der Waals surface area contributed by atoms with Crippen LogP contribution >= 0.6 is 0 Å². The third-order valence-corrected chi connectivity index (χ3v) is 8.44. The fourth-order valence-corrected chi connectivity index (χ4v) is 6.28. The summed E-state index contributed by atoms with van der Waals surface area (Å²) in [6.45, 7) is 8.22. The van der Waals surface area contributed by atoms with E-state index in [1.165, 1.54) is 5.56 Å². The van der Waals surface area contributed by atoms with Gasteiger partial charge in [-0.25, -0.2) is 0 Å². The van der Waals surface area contributed by atoms with E-state index in [1.807, 2.05) is 60.4 Å². The summed E-state index contributed by atoms with van der Waals surface area (Å²) in [6, 6.07) is 22.0. The fraction of sp³-hybridized carbons (Fsp3) is 0.412. The van der Waals surface area contributed by atoms with Crippen LogP contribution in [0.1, 0.15) is 66.5 Å². The molecule has 0 radical (unpaired) electrons. The van der Waals surface area contributed by atoms with E-state index in [1.54, 1.807) is 0 Å². The lowest BCUT2D eigenvalue weighted by Crippen LogP contribution is -2.41. The first-order chi connectivity index (χ1) is 19.4. The lowest BCUT2D eigenvalue weighted by Gasteiger charge is -2.30. The van der Waals surface area contributed by atoms with Crippen molar-refractivity contribution in [1.82, 2.24) is 4.90 Å². The minimum Gasteiger partial charge on any atom is -0.493 e. The highest BCUT2D eigenvalue weighted by atomic mass is 16.5. The summed E-state index contributed by atoms with van der Waals surface area (Å²) in [5.74, 6) is -0.861. The number of carbonyl (C=O) groups excluding carboxylic acids is 1. The smallest absolute Gasteiger partial charge is 0.309 e. The van der Waals surface area contributed by atoms with E-state index in [9.17, 15) is 14.7 Å². The van der Waals surface area contributed by atoms with E-state index < -0.39 is 17.9 Å². The van der Waals surface area contributed by atoms with Crippen LogP contribution in [-0.4, -0.2) is 48.1 Å². The van der Waals surface area contributed by atoms with Gasteiger partial charge in [0.05, 0.1) is 19.1 Å². The number of hydrogen-bond acceptors (Lipinski definition) is 4. The summed E-state index contributed by atoms with van der Waals surface area (Å²) in [5, 5.41) is 10.6. The maximum Gasteiger partial charge on any atom is 0.309 e. The number of carbonyl (C=O) groups is 2. The van der Waals surface area contributed by atoms with Crippen molar-refractivity contribution in [3.8, 4) is 5.75 Å². The molecule has 6 nitrogen and oxygen atoms in total. The average molecular weight is 541 g/mol. The normalized spacial score (nSPS) is 20.2. The summed E-state index contributed by atoms with van der Waals surface area (Å²) >= 11 is 0. The number of carboxylic acids is 1. The molecule has 0 bridgehead atoms. The van der Waals surface area contributed by atoms with Gasteiger partial charge in [-0.15, -0.1) is 0 Å². The van der Waals surface area contributed by atoms with Gasteiger partial charge in [0, 0.05) is 37.2 Å². The number of aliphatic carboxylic acids is 1. The second-order valence-corrected chi connectivity index (χ2v) is 11.1. The van der Waals surface area contributed by atoms with E-state index in [4.69, 9.17) is 4.74 Å². The summed E-state index contributed by atoms with van der Waals surface area (Å²) in [4.78, 5) is 30.9. The molecule has 1 amide bonds. The maximum atomic E-state index is 14.0. The Morgan fingerprint density at radius 1 is 1.02 bits per heavy atom. The molecule has 2 heterocycles. The van der Waals surface area contributed by atoms with Gasteiger partial charge in [-0.3, -0.25) is 14.5 Å². The molecule has 1 N–H and O–H groups in total. The molecular weight excluding hydrogens is 500 g/mol. The Labute approximate surface area is 237 Å². The molecule has 210 valence electrons. The van der Waals surface area contributed by atoms with Crippen molar-refractivity contribution < 1.29 is 19.4 Å². The van der Waals surface area contributed by atoms with Gasteiger partial charge < -0.3 is 14.7 Å². The van der Waals surface area contributed by atoms with Gasteiger partial charge in [0.15, 0.2) is 0 Å². The highest BCUT2D eigenvalue weighted by Crippen LogP contribution is 2.47. The van der Waals surface area contributed by atoms with Crippen LogP contribution in [0.2, 0.25) is 0 Å². The Balaban J connectivity index is 1.51. The van der Waals surface area contributed by atoms with Crippen LogP contribution in [-0.2, 0) is 22.4 Å². The number of unbranched alkanes of at least 4 members (excludes halogenated alkanes) is 1. The molecule has 2 aliphatic heterocycles. The molecule has 3 atom stereocenters. The van der Waals surface area contributed by atoms with Crippen LogP contribution in [0.15, 0.2) is 66.7 Å². The topological polar surface area (TPSA) is 70.1 Å². The lowest BCUT2D eigenvalue weighted by atomic mass is 9.82. The fourth-order valence-electron chi connectivity index (χ4n) is 6.28. The molecule has 0 aliphatic carbocycles. The highest BCUT2D eigenvalue weighted by Gasteiger charge is 2.48. The van der Waals surface area contributed by atoms with E-state index in [0.717, 1.165) is 59.4 Å². The van der Waals surface area contributed by atoms with E-state index >= 15 is 0 Å². The SMILES string of the molecule is CCCCN(C(=O)CN1CC(c2ccc3c(c2)CCO3)C(C(=O)O)C1c1ccc(CC)cc1)c1cccc(C)c1. The molecule has 5 rings (SSSR count). The van der Waals surface area contributed by atoms with Gasteiger partial charge in [-0.2, -0.15) is 0 Å². The van der Waals surface area contributed by atoms with Crippen molar-refractivity contribution in [2.75, 3.05) is 31.1 Å². The van der Waals surface area contributed by atoms with Crippen LogP contribution in [0.4, 0.5) is 5.69 Å². The molecule has 3 aromatic rings. The van der Waals surface area contributed by atoms with Gasteiger partial charge in [-0.05, 0) is 65.8 Å². The van der Waals surface area contributed by atoms with Gasteiger partial charge in [0.25, 0.3) is 0 Å². The average Bonchev–Trinajstić information content (AvgIpc) is 3.58. The molecule has 0 saturated carbocycles. The van der Waals surface area contributed by atoms with Crippen LogP contribution in [0, 0.1) is 12.8 Å². The molecular formula is C34H40N2O4. The Morgan fingerprint density at radius 3 is 2.50 bits per heavy atom. The van der Waals surface area contributed by atoms with Gasteiger partial charge in [-0.1, -0.05) is 68.8 Å². The van der Waals surface area contributed by atoms with E-state index in [2.05, 4.69) is 36.9 Å². The minimum atomic E-state index is -0.831. The van der Waals surface area contributed by atoms with E-state index in [-0.39, 0.29) is 18.4 Å². The van der Waals surface area contributed by atoms with Crippen LogP contribution < -0.4 is 9.64 Å². The third-order valence-electron chi connectivity index (χ3n) is 8.44. The van der Waals surface area contributed by atoms with Crippen molar-refractivity contribution in [2.45, 2.75) is 58.4 Å². The number of fused-ring (bicyclic) bond motifs is 1. The van der Waals surface area contributed by atoms with Gasteiger partial charge in [0.1, 0.15) is 5.75 Å². The van der Waals surface area contributed by atoms with Gasteiger partial charge in [0.2, 0.25) is 5.91 Å². The molecule has 3 aromatic carbocycles. The largest absolute Gasteiger partial charge is 0.493 e. The predicted octanol–water partition coefficient (Wildman–Crippen LogP) is 6.17. The number of ether oxygens (including phenoxy) is 1. The van der Waals surface area contributed by atoms with Crippen LogP contribution in [0.25, 0.3) is 0 Å². The predicted molar refractivity (Wildman–Crippen MR) is 158 cm³/mol. The number of amides is 1. The van der Waals surface area contributed by atoms with Crippen molar-refractivity contribution in [2.24, 2.45) is 5.92 Å². The number of aryl methyl sites for hydroxylation is 2. The van der Waals surface area contributed by atoms with Crippen molar-refractivity contribution in [1.29, 1.82) is 0 Å². The summed E-state index contributed by atoms with van der Waals surface area (Å²) < 4.78 is 5.71. The second kappa shape index (κ2) is 12.3. The summed E-state index contributed by atoms with van der Waals surface area (Å²) in [6.07, 6.45) is 3.63. The molecule has 2 aliphatic rings. The number of benzene rings is 3. The van der Waals surface area contributed by atoms with Crippen molar-refractivity contribution >= 4 is 17.6 Å². The zero-order chi connectivity index (χ0) is 28.2. The number of hydrogen-bond donors (Lipinski definition) is 1. The minimum absolute atomic E-state index is 0.00127.